The van der Waals surface area contributed by atoms with Crippen molar-refractivity contribution in [1.29, 1.82) is 0 Å². The van der Waals surface area contributed by atoms with Crippen LogP contribution in [0.1, 0.15) is 18.3 Å². The molecule has 2 rings (SSSR count). The summed E-state index contributed by atoms with van der Waals surface area (Å²) in [4.78, 5) is 8.04. The Hall–Kier alpha value is -1.62. The van der Waals surface area contributed by atoms with Gasteiger partial charge >= 0.3 is 0 Å². The Morgan fingerprint density at radius 2 is 2.12 bits per heavy atom. The van der Waals surface area contributed by atoms with E-state index >= 15 is 0 Å². The summed E-state index contributed by atoms with van der Waals surface area (Å²) in [5.41, 5.74) is 1.88. The SMILES string of the molecule is CCc1cc(Nc2cc(C)nc(Cl)n2)n[nH]1. The first-order chi connectivity index (χ1) is 7.67. The lowest BCUT2D eigenvalue weighted by Crippen LogP contribution is -1.96. The van der Waals surface area contributed by atoms with Gasteiger partial charge in [-0.05, 0) is 24.9 Å². The zero-order chi connectivity index (χ0) is 11.5. The van der Waals surface area contributed by atoms with Crippen molar-refractivity contribution in [2.24, 2.45) is 0 Å². The first-order valence-electron chi connectivity index (χ1n) is 5.00. The van der Waals surface area contributed by atoms with E-state index in [1.807, 2.05) is 19.1 Å². The maximum absolute atomic E-state index is 5.76. The second-order valence-corrected chi connectivity index (χ2v) is 3.76. The van der Waals surface area contributed by atoms with Crippen LogP contribution in [0.15, 0.2) is 12.1 Å². The fourth-order valence-corrected chi connectivity index (χ4v) is 1.56. The third-order valence-corrected chi connectivity index (χ3v) is 2.26. The molecule has 0 fully saturated rings. The van der Waals surface area contributed by atoms with Gasteiger partial charge in [0.1, 0.15) is 5.82 Å². The van der Waals surface area contributed by atoms with E-state index in [-0.39, 0.29) is 5.28 Å². The summed E-state index contributed by atoms with van der Waals surface area (Å²) in [6, 6.07) is 3.75. The lowest BCUT2D eigenvalue weighted by molar-refractivity contribution is 0.975. The van der Waals surface area contributed by atoms with Gasteiger partial charge in [0.15, 0.2) is 5.82 Å². The number of halogens is 1. The number of nitrogens with one attached hydrogen (secondary N) is 2. The topological polar surface area (TPSA) is 66.5 Å². The summed E-state index contributed by atoms with van der Waals surface area (Å²) >= 11 is 5.76. The van der Waals surface area contributed by atoms with Gasteiger partial charge < -0.3 is 5.32 Å². The highest BCUT2D eigenvalue weighted by atomic mass is 35.5. The predicted octanol–water partition coefficient (Wildman–Crippen LogP) is 2.47. The van der Waals surface area contributed by atoms with Crippen molar-refractivity contribution in [3.8, 4) is 0 Å². The minimum atomic E-state index is 0.230. The average molecular weight is 238 g/mol. The number of nitrogens with zero attached hydrogens (tertiary/aromatic N) is 3. The standard InChI is InChI=1S/C10H12ClN5/c1-3-7-5-9(16-15-7)13-8-4-6(2)12-10(11)14-8/h4-5H,3H2,1-2H3,(H2,12,13,14,15,16). The highest BCUT2D eigenvalue weighted by Gasteiger charge is 2.03. The molecule has 6 heteroatoms. The summed E-state index contributed by atoms with van der Waals surface area (Å²) in [5.74, 6) is 1.37. The van der Waals surface area contributed by atoms with Crippen molar-refractivity contribution in [2.75, 3.05) is 5.32 Å². The first-order valence-corrected chi connectivity index (χ1v) is 5.37. The Balaban J connectivity index is 2.19. The van der Waals surface area contributed by atoms with Gasteiger partial charge in [-0.3, -0.25) is 5.10 Å². The average Bonchev–Trinajstić information content (AvgIpc) is 2.64. The molecule has 0 amide bonds. The van der Waals surface area contributed by atoms with Crippen LogP contribution in [-0.2, 0) is 6.42 Å². The number of aromatic amines is 1. The Morgan fingerprint density at radius 1 is 1.31 bits per heavy atom. The minimum Gasteiger partial charge on any atom is -0.323 e. The van der Waals surface area contributed by atoms with E-state index in [0.717, 1.165) is 23.6 Å². The molecular formula is C10H12ClN5. The van der Waals surface area contributed by atoms with Gasteiger partial charge in [0.2, 0.25) is 5.28 Å². The zero-order valence-electron chi connectivity index (χ0n) is 9.08. The molecule has 0 radical (unpaired) electrons. The molecule has 2 N–H and O–H groups in total. The van der Waals surface area contributed by atoms with E-state index in [9.17, 15) is 0 Å². The molecule has 0 bridgehead atoms. The molecule has 0 saturated heterocycles. The van der Waals surface area contributed by atoms with Gasteiger partial charge in [-0.25, -0.2) is 9.97 Å². The molecule has 0 saturated carbocycles. The van der Waals surface area contributed by atoms with E-state index in [1.54, 1.807) is 0 Å². The van der Waals surface area contributed by atoms with Crippen molar-refractivity contribution in [2.45, 2.75) is 20.3 Å². The van der Waals surface area contributed by atoms with E-state index in [2.05, 4.69) is 32.4 Å². The fourth-order valence-electron chi connectivity index (χ4n) is 1.33. The monoisotopic (exact) mass is 237 g/mol. The van der Waals surface area contributed by atoms with Crippen LogP contribution in [-0.4, -0.2) is 20.2 Å². The maximum atomic E-state index is 5.76. The molecule has 0 aliphatic rings. The zero-order valence-corrected chi connectivity index (χ0v) is 9.84. The molecule has 16 heavy (non-hydrogen) atoms. The van der Waals surface area contributed by atoms with Gasteiger partial charge in [-0.15, -0.1) is 0 Å². The lowest BCUT2D eigenvalue weighted by Gasteiger charge is -2.02. The van der Waals surface area contributed by atoms with Gasteiger partial charge in [0.25, 0.3) is 0 Å². The predicted molar refractivity (Wildman–Crippen MR) is 63.0 cm³/mol. The van der Waals surface area contributed by atoms with E-state index in [0.29, 0.717) is 5.82 Å². The maximum Gasteiger partial charge on any atom is 0.224 e. The third-order valence-electron chi connectivity index (χ3n) is 2.09. The number of aryl methyl sites for hydroxylation is 2. The Morgan fingerprint density at radius 3 is 2.75 bits per heavy atom. The van der Waals surface area contributed by atoms with E-state index < -0.39 is 0 Å². The Labute approximate surface area is 98.3 Å². The first kappa shape index (κ1) is 10.9. The fraction of sp³-hybridized carbons (Fsp3) is 0.300. The van der Waals surface area contributed by atoms with Crippen LogP contribution in [0.2, 0.25) is 5.28 Å². The normalized spacial score (nSPS) is 10.4. The summed E-state index contributed by atoms with van der Waals surface area (Å²) in [6.45, 7) is 3.92. The highest BCUT2D eigenvalue weighted by molar-refractivity contribution is 6.28. The summed E-state index contributed by atoms with van der Waals surface area (Å²) in [5, 5.41) is 10.3. The molecule has 5 nitrogen and oxygen atoms in total. The van der Waals surface area contributed by atoms with E-state index in [4.69, 9.17) is 11.6 Å². The van der Waals surface area contributed by atoms with Crippen LogP contribution in [0.4, 0.5) is 11.6 Å². The molecule has 0 aliphatic carbocycles. The quantitative estimate of drug-likeness (QED) is 0.805. The van der Waals surface area contributed by atoms with Gasteiger partial charge in [0.05, 0.1) is 0 Å². The second kappa shape index (κ2) is 4.49. The van der Waals surface area contributed by atoms with Crippen LogP contribution in [0, 0.1) is 6.92 Å². The van der Waals surface area contributed by atoms with Crippen LogP contribution in [0.25, 0.3) is 0 Å². The Kier molecular flexibility index (Phi) is 3.05. The molecule has 0 aliphatic heterocycles. The molecule has 0 atom stereocenters. The largest absolute Gasteiger partial charge is 0.323 e. The van der Waals surface area contributed by atoms with Crippen molar-refractivity contribution < 1.29 is 0 Å². The Bertz CT molecular complexity index is 473. The summed E-state index contributed by atoms with van der Waals surface area (Å²) in [7, 11) is 0. The van der Waals surface area contributed by atoms with Crippen molar-refractivity contribution >= 4 is 23.2 Å². The molecular weight excluding hydrogens is 226 g/mol. The van der Waals surface area contributed by atoms with E-state index in [1.165, 1.54) is 0 Å². The summed E-state index contributed by atoms with van der Waals surface area (Å²) < 4.78 is 0. The van der Waals surface area contributed by atoms with Crippen molar-refractivity contribution in [1.82, 2.24) is 20.2 Å². The number of aromatic nitrogens is 4. The van der Waals surface area contributed by atoms with Crippen LogP contribution >= 0.6 is 11.6 Å². The van der Waals surface area contributed by atoms with Crippen LogP contribution < -0.4 is 5.32 Å². The van der Waals surface area contributed by atoms with Gasteiger partial charge in [0, 0.05) is 23.5 Å². The smallest absolute Gasteiger partial charge is 0.224 e. The molecule has 2 aromatic rings. The third kappa shape index (κ3) is 2.49. The van der Waals surface area contributed by atoms with Gasteiger partial charge in [-0.2, -0.15) is 5.10 Å². The van der Waals surface area contributed by atoms with Crippen molar-refractivity contribution in [3.05, 3.63) is 28.8 Å². The molecule has 0 unspecified atom stereocenters. The number of hydrogen-bond acceptors (Lipinski definition) is 4. The molecule has 0 aromatic carbocycles. The number of anilines is 2. The molecule has 84 valence electrons. The number of H-pyrrole nitrogens is 1. The van der Waals surface area contributed by atoms with Crippen molar-refractivity contribution in [3.63, 3.8) is 0 Å². The van der Waals surface area contributed by atoms with Crippen LogP contribution in [0.3, 0.4) is 0 Å². The number of hydrogen-bond donors (Lipinski definition) is 2. The molecule has 2 heterocycles. The van der Waals surface area contributed by atoms with Crippen LogP contribution in [0.5, 0.6) is 0 Å². The minimum absolute atomic E-state index is 0.230. The second-order valence-electron chi connectivity index (χ2n) is 3.42. The number of rotatable bonds is 3. The molecule has 2 aromatic heterocycles. The van der Waals surface area contributed by atoms with Gasteiger partial charge in [-0.1, -0.05) is 6.92 Å². The lowest BCUT2D eigenvalue weighted by atomic mass is 10.3. The highest BCUT2D eigenvalue weighted by Crippen LogP contribution is 2.15. The molecule has 0 spiro atoms. The summed E-state index contributed by atoms with van der Waals surface area (Å²) in [6.07, 6.45) is 0.915.